The van der Waals surface area contributed by atoms with Crippen LogP contribution in [0.15, 0.2) is 0 Å². The molecule has 0 aromatic carbocycles. The first-order chi connectivity index (χ1) is 7.54. The van der Waals surface area contributed by atoms with Gasteiger partial charge in [0.1, 0.15) is 0 Å². The van der Waals surface area contributed by atoms with Crippen molar-refractivity contribution in [2.45, 2.75) is 33.2 Å². The summed E-state index contributed by atoms with van der Waals surface area (Å²) in [6.45, 7) is 11.7. The Labute approximate surface area is 98.8 Å². The lowest BCUT2D eigenvalue weighted by Crippen LogP contribution is -2.54. The molecule has 1 aliphatic heterocycles. The molecule has 1 unspecified atom stereocenters. The Morgan fingerprint density at radius 1 is 1.25 bits per heavy atom. The average Bonchev–Trinajstić information content (AvgIpc) is 2.20. The lowest BCUT2D eigenvalue weighted by Gasteiger charge is -2.38. The minimum atomic E-state index is -0.181. The molecular formula is C12H25N3O. The van der Waals surface area contributed by atoms with Gasteiger partial charge in [-0.1, -0.05) is 20.8 Å². The number of carbonyl (C=O) groups excluding carboxylic acids is 1. The molecule has 4 nitrogen and oxygen atoms in total. The van der Waals surface area contributed by atoms with Gasteiger partial charge in [0, 0.05) is 32.7 Å². The number of hydrogen-bond donors (Lipinski definition) is 1. The fraction of sp³-hybridized carbons (Fsp3) is 0.917. The van der Waals surface area contributed by atoms with E-state index in [0.29, 0.717) is 5.92 Å². The highest BCUT2D eigenvalue weighted by Crippen LogP contribution is 2.10. The van der Waals surface area contributed by atoms with Gasteiger partial charge in [-0.25, -0.2) is 0 Å². The maximum atomic E-state index is 11.3. The molecule has 2 N–H and O–H groups in total. The second-order valence-electron chi connectivity index (χ2n) is 5.06. The molecule has 1 fully saturated rings. The van der Waals surface area contributed by atoms with Crippen molar-refractivity contribution in [3.05, 3.63) is 0 Å². The zero-order chi connectivity index (χ0) is 12.1. The van der Waals surface area contributed by atoms with Crippen molar-refractivity contribution in [1.29, 1.82) is 0 Å². The van der Waals surface area contributed by atoms with E-state index < -0.39 is 0 Å². The Bertz CT molecular complexity index is 222. The highest BCUT2D eigenvalue weighted by Gasteiger charge is 2.25. The Morgan fingerprint density at radius 2 is 1.81 bits per heavy atom. The van der Waals surface area contributed by atoms with Crippen LogP contribution in [0.3, 0.4) is 0 Å². The maximum Gasteiger partial charge on any atom is 0.234 e. The normalized spacial score (nSPS) is 21.2. The Morgan fingerprint density at radius 3 is 2.19 bits per heavy atom. The molecule has 0 saturated carbocycles. The zero-order valence-electron chi connectivity index (χ0n) is 10.8. The molecule has 0 radical (unpaired) electrons. The van der Waals surface area contributed by atoms with Gasteiger partial charge in [0.05, 0.1) is 6.04 Å². The SMILES string of the molecule is CCC(C(N)=O)N1CCN(CC(C)C)CC1. The molecule has 0 aromatic heterocycles. The average molecular weight is 227 g/mol. The first-order valence-electron chi connectivity index (χ1n) is 6.30. The van der Waals surface area contributed by atoms with Gasteiger partial charge in [-0.05, 0) is 12.3 Å². The summed E-state index contributed by atoms with van der Waals surface area (Å²) in [5.41, 5.74) is 5.40. The standard InChI is InChI=1S/C12H25N3O/c1-4-11(12(13)16)15-7-5-14(6-8-15)9-10(2)3/h10-11H,4-9H2,1-3H3,(H2,13,16). The summed E-state index contributed by atoms with van der Waals surface area (Å²) in [6.07, 6.45) is 0.819. The third-order valence-electron chi connectivity index (χ3n) is 3.19. The molecule has 1 saturated heterocycles. The quantitative estimate of drug-likeness (QED) is 0.745. The van der Waals surface area contributed by atoms with Crippen LogP contribution < -0.4 is 5.73 Å². The van der Waals surface area contributed by atoms with Crippen molar-refractivity contribution in [3.8, 4) is 0 Å². The molecule has 1 heterocycles. The first-order valence-corrected chi connectivity index (χ1v) is 6.30. The second-order valence-corrected chi connectivity index (χ2v) is 5.06. The molecular weight excluding hydrogens is 202 g/mol. The monoisotopic (exact) mass is 227 g/mol. The molecule has 0 spiro atoms. The van der Waals surface area contributed by atoms with Crippen molar-refractivity contribution in [2.24, 2.45) is 11.7 Å². The molecule has 4 heteroatoms. The summed E-state index contributed by atoms with van der Waals surface area (Å²) >= 11 is 0. The third kappa shape index (κ3) is 3.76. The molecule has 1 amide bonds. The van der Waals surface area contributed by atoms with E-state index in [2.05, 4.69) is 23.6 Å². The lowest BCUT2D eigenvalue weighted by atomic mass is 10.1. The van der Waals surface area contributed by atoms with Gasteiger partial charge in [0.15, 0.2) is 0 Å². The zero-order valence-corrected chi connectivity index (χ0v) is 10.8. The van der Waals surface area contributed by atoms with Crippen LogP contribution in [0.4, 0.5) is 0 Å². The van der Waals surface area contributed by atoms with E-state index in [1.807, 2.05) is 6.92 Å². The fourth-order valence-corrected chi connectivity index (χ4v) is 2.41. The van der Waals surface area contributed by atoms with Crippen LogP contribution in [0.25, 0.3) is 0 Å². The van der Waals surface area contributed by atoms with E-state index in [4.69, 9.17) is 5.73 Å². The smallest absolute Gasteiger partial charge is 0.234 e. The predicted molar refractivity (Wildman–Crippen MR) is 66.1 cm³/mol. The fourth-order valence-electron chi connectivity index (χ4n) is 2.41. The van der Waals surface area contributed by atoms with Gasteiger partial charge in [-0.2, -0.15) is 0 Å². The van der Waals surface area contributed by atoms with Crippen LogP contribution in [-0.2, 0) is 4.79 Å². The number of amides is 1. The summed E-state index contributed by atoms with van der Waals surface area (Å²) in [4.78, 5) is 15.9. The minimum Gasteiger partial charge on any atom is -0.368 e. The predicted octanol–water partition coefficient (Wildman–Crippen LogP) is 0.524. The number of carbonyl (C=O) groups is 1. The van der Waals surface area contributed by atoms with Crippen molar-refractivity contribution >= 4 is 5.91 Å². The van der Waals surface area contributed by atoms with Crippen LogP contribution >= 0.6 is 0 Å². The topological polar surface area (TPSA) is 49.6 Å². The molecule has 1 atom stereocenters. The minimum absolute atomic E-state index is 0.0683. The maximum absolute atomic E-state index is 11.3. The number of nitrogens with zero attached hydrogens (tertiary/aromatic N) is 2. The highest BCUT2D eigenvalue weighted by molar-refractivity contribution is 5.79. The summed E-state index contributed by atoms with van der Waals surface area (Å²) in [6, 6.07) is -0.0683. The van der Waals surface area contributed by atoms with Crippen LogP contribution in [0.5, 0.6) is 0 Å². The highest BCUT2D eigenvalue weighted by atomic mass is 16.1. The number of nitrogens with two attached hydrogens (primary N) is 1. The third-order valence-corrected chi connectivity index (χ3v) is 3.19. The summed E-state index contributed by atoms with van der Waals surface area (Å²) in [7, 11) is 0. The summed E-state index contributed by atoms with van der Waals surface area (Å²) in [5, 5.41) is 0. The van der Waals surface area contributed by atoms with Crippen LogP contribution in [-0.4, -0.2) is 54.5 Å². The van der Waals surface area contributed by atoms with Gasteiger partial charge >= 0.3 is 0 Å². The summed E-state index contributed by atoms with van der Waals surface area (Å²) < 4.78 is 0. The van der Waals surface area contributed by atoms with Crippen LogP contribution in [0, 0.1) is 5.92 Å². The Hall–Kier alpha value is -0.610. The van der Waals surface area contributed by atoms with Gasteiger partial charge in [-0.15, -0.1) is 0 Å². The number of piperazine rings is 1. The van der Waals surface area contributed by atoms with Gasteiger partial charge in [-0.3, -0.25) is 9.69 Å². The van der Waals surface area contributed by atoms with Crippen LogP contribution in [0.2, 0.25) is 0 Å². The molecule has 1 aliphatic rings. The van der Waals surface area contributed by atoms with Crippen molar-refractivity contribution in [3.63, 3.8) is 0 Å². The lowest BCUT2D eigenvalue weighted by molar-refractivity contribution is -0.124. The van der Waals surface area contributed by atoms with Gasteiger partial charge in [0.2, 0.25) is 5.91 Å². The van der Waals surface area contributed by atoms with E-state index in [1.54, 1.807) is 0 Å². The summed E-state index contributed by atoms with van der Waals surface area (Å²) in [5.74, 6) is 0.532. The molecule has 94 valence electrons. The molecule has 16 heavy (non-hydrogen) atoms. The number of rotatable bonds is 5. The van der Waals surface area contributed by atoms with Gasteiger partial charge in [0.25, 0.3) is 0 Å². The van der Waals surface area contributed by atoms with Crippen molar-refractivity contribution in [1.82, 2.24) is 9.80 Å². The van der Waals surface area contributed by atoms with E-state index in [-0.39, 0.29) is 11.9 Å². The van der Waals surface area contributed by atoms with Crippen molar-refractivity contribution < 1.29 is 4.79 Å². The number of primary amides is 1. The van der Waals surface area contributed by atoms with E-state index in [9.17, 15) is 4.79 Å². The van der Waals surface area contributed by atoms with Crippen LogP contribution in [0.1, 0.15) is 27.2 Å². The van der Waals surface area contributed by atoms with Crippen molar-refractivity contribution in [2.75, 3.05) is 32.7 Å². The Kier molecular flexibility index (Phi) is 5.22. The number of hydrogen-bond acceptors (Lipinski definition) is 3. The van der Waals surface area contributed by atoms with E-state index >= 15 is 0 Å². The molecule has 1 rings (SSSR count). The second kappa shape index (κ2) is 6.21. The Balaban J connectivity index is 2.38. The van der Waals surface area contributed by atoms with Gasteiger partial charge < -0.3 is 10.6 Å². The largest absolute Gasteiger partial charge is 0.368 e. The van der Waals surface area contributed by atoms with E-state index in [0.717, 1.165) is 39.1 Å². The molecule has 0 bridgehead atoms. The molecule has 0 aliphatic carbocycles. The molecule has 0 aromatic rings. The first kappa shape index (κ1) is 13.5. The van der Waals surface area contributed by atoms with E-state index in [1.165, 1.54) is 0 Å².